The van der Waals surface area contributed by atoms with Gasteiger partial charge in [-0.25, -0.2) is 0 Å². The van der Waals surface area contributed by atoms with Crippen molar-refractivity contribution < 1.29 is 18.7 Å². The van der Waals surface area contributed by atoms with Crippen LogP contribution in [0.3, 0.4) is 0 Å². The highest BCUT2D eigenvalue weighted by Crippen LogP contribution is 2.40. The van der Waals surface area contributed by atoms with Crippen LogP contribution in [0, 0.1) is 0 Å². The number of benzene rings is 1. The highest BCUT2D eigenvalue weighted by molar-refractivity contribution is 5.99. The van der Waals surface area contributed by atoms with Crippen LogP contribution < -0.4 is 0 Å². The van der Waals surface area contributed by atoms with Gasteiger partial charge in [-0.05, 0) is 6.07 Å². The first-order valence-electron chi connectivity index (χ1n) is 3.99. The molecule has 1 amide bonds. The molecule has 0 unspecified atom stereocenters. The zero-order valence-corrected chi connectivity index (χ0v) is 7.08. The molecule has 1 aromatic carbocycles. The summed E-state index contributed by atoms with van der Waals surface area (Å²) in [5.74, 6) is -0.840. The molecule has 74 valence electrons. The predicted molar refractivity (Wildman–Crippen MR) is 43.6 cm³/mol. The van der Waals surface area contributed by atoms with Crippen LogP contribution in [0.15, 0.2) is 24.3 Å². The fourth-order valence-corrected chi connectivity index (χ4v) is 1.50. The van der Waals surface area contributed by atoms with Gasteiger partial charge in [0.2, 0.25) is 0 Å². The zero-order chi connectivity index (χ0) is 10.3. The maximum atomic E-state index is 13.4. The van der Waals surface area contributed by atoms with Crippen molar-refractivity contribution in [1.29, 1.82) is 0 Å². The third-order valence-electron chi connectivity index (χ3n) is 2.21. The van der Waals surface area contributed by atoms with Gasteiger partial charge in [-0.1, -0.05) is 18.2 Å². The van der Waals surface area contributed by atoms with E-state index < -0.39 is 18.7 Å². The van der Waals surface area contributed by atoms with Gasteiger partial charge in [0, 0.05) is 0 Å². The summed E-state index contributed by atoms with van der Waals surface area (Å²) in [6, 6.07) is 2.04. The van der Waals surface area contributed by atoms with Crippen molar-refractivity contribution in [1.82, 2.24) is 4.90 Å². The smallest absolute Gasteiger partial charge is 0.357 e. The Balaban J connectivity index is 2.61. The lowest BCUT2D eigenvalue weighted by molar-refractivity contribution is -0.146. The lowest BCUT2D eigenvalue weighted by atomic mass is 10.1. The molecule has 0 bridgehead atoms. The maximum Gasteiger partial charge on any atom is 0.357 e. The van der Waals surface area contributed by atoms with E-state index in [0.29, 0.717) is 0 Å². The SMILES string of the molecule is O=C1c2ccccc2C(F)(F)N1CO. The van der Waals surface area contributed by atoms with Crippen LogP contribution in [-0.4, -0.2) is 22.6 Å². The number of fused-ring (bicyclic) bond motifs is 1. The molecule has 1 heterocycles. The number of amides is 1. The Kier molecular flexibility index (Phi) is 1.78. The number of hydrogen-bond acceptors (Lipinski definition) is 2. The molecule has 1 aliphatic heterocycles. The van der Waals surface area contributed by atoms with Gasteiger partial charge in [-0.3, -0.25) is 9.69 Å². The Labute approximate surface area is 78.6 Å². The summed E-state index contributed by atoms with van der Waals surface area (Å²) in [6.45, 7) is -0.986. The number of aliphatic hydroxyl groups excluding tert-OH is 1. The van der Waals surface area contributed by atoms with Crippen LogP contribution >= 0.6 is 0 Å². The minimum absolute atomic E-state index is 0.0495. The fraction of sp³-hybridized carbons (Fsp3) is 0.222. The number of hydrogen-bond donors (Lipinski definition) is 1. The van der Waals surface area contributed by atoms with Crippen LogP contribution in [0.4, 0.5) is 8.78 Å². The van der Waals surface area contributed by atoms with Gasteiger partial charge in [-0.15, -0.1) is 0 Å². The molecule has 0 aromatic heterocycles. The van der Waals surface area contributed by atoms with Crippen LogP contribution in [0.2, 0.25) is 0 Å². The summed E-state index contributed by atoms with van der Waals surface area (Å²) in [4.78, 5) is 11.5. The molecule has 1 aliphatic rings. The lowest BCUT2D eigenvalue weighted by Crippen LogP contribution is -2.37. The predicted octanol–water partition coefficient (Wildman–Crippen LogP) is 1.14. The van der Waals surface area contributed by atoms with Gasteiger partial charge < -0.3 is 5.11 Å². The highest BCUT2D eigenvalue weighted by Gasteiger charge is 2.50. The Hall–Kier alpha value is -1.49. The standard InChI is InChI=1S/C9H7F2NO2/c10-9(11)7-4-2-1-3-6(7)8(14)12(9)5-13/h1-4,13H,5H2. The molecule has 0 fully saturated rings. The van der Waals surface area contributed by atoms with Crippen molar-refractivity contribution >= 4 is 5.91 Å². The number of alkyl halides is 2. The third kappa shape index (κ3) is 0.957. The molecule has 0 radical (unpaired) electrons. The Morgan fingerprint density at radius 2 is 2.00 bits per heavy atom. The molecular formula is C9H7F2NO2. The second-order valence-corrected chi connectivity index (χ2v) is 2.96. The van der Waals surface area contributed by atoms with E-state index in [1.165, 1.54) is 24.3 Å². The van der Waals surface area contributed by atoms with E-state index in [-0.39, 0.29) is 16.0 Å². The van der Waals surface area contributed by atoms with Gasteiger partial charge in [0.05, 0.1) is 11.1 Å². The number of aliphatic hydroxyl groups is 1. The quantitative estimate of drug-likeness (QED) is 0.689. The Bertz CT molecular complexity index is 392. The normalized spacial score (nSPS) is 18.5. The molecular weight excluding hydrogens is 192 g/mol. The van der Waals surface area contributed by atoms with Crippen LogP contribution in [0.5, 0.6) is 0 Å². The number of nitrogens with zero attached hydrogens (tertiary/aromatic N) is 1. The van der Waals surface area contributed by atoms with Crippen molar-refractivity contribution in [2.24, 2.45) is 0 Å². The maximum absolute atomic E-state index is 13.4. The minimum Gasteiger partial charge on any atom is -0.376 e. The van der Waals surface area contributed by atoms with Crippen LogP contribution in [0.25, 0.3) is 0 Å². The zero-order valence-electron chi connectivity index (χ0n) is 7.08. The number of carbonyl (C=O) groups is 1. The molecule has 1 N–H and O–H groups in total. The van der Waals surface area contributed by atoms with Crippen molar-refractivity contribution in [2.45, 2.75) is 6.05 Å². The molecule has 1 aromatic rings. The van der Waals surface area contributed by atoms with E-state index in [0.717, 1.165) is 0 Å². The van der Waals surface area contributed by atoms with Gasteiger partial charge in [0.1, 0.15) is 6.73 Å². The summed E-state index contributed by atoms with van der Waals surface area (Å²) in [5, 5.41) is 8.67. The van der Waals surface area contributed by atoms with E-state index in [9.17, 15) is 13.6 Å². The average Bonchev–Trinajstić information content (AvgIpc) is 2.36. The summed E-state index contributed by atoms with van der Waals surface area (Å²) in [6.07, 6.45) is 0. The highest BCUT2D eigenvalue weighted by atomic mass is 19.3. The number of halogens is 2. The Morgan fingerprint density at radius 1 is 1.36 bits per heavy atom. The van der Waals surface area contributed by atoms with E-state index >= 15 is 0 Å². The third-order valence-corrected chi connectivity index (χ3v) is 2.21. The second-order valence-electron chi connectivity index (χ2n) is 2.96. The van der Waals surface area contributed by atoms with Crippen LogP contribution in [-0.2, 0) is 6.05 Å². The van der Waals surface area contributed by atoms with E-state index in [4.69, 9.17) is 5.11 Å². The minimum atomic E-state index is -3.40. The van der Waals surface area contributed by atoms with E-state index in [2.05, 4.69) is 0 Å². The van der Waals surface area contributed by atoms with Crippen molar-refractivity contribution in [3.8, 4) is 0 Å². The van der Waals surface area contributed by atoms with Crippen LogP contribution in [0.1, 0.15) is 15.9 Å². The molecule has 3 nitrogen and oxygen atoms in total. The molecule has 0 saturated heterocycles. The molecule has 5 heteroatoms. The number of carbonyl (C=O) groups excluding carboxylic acids is 1. The fourth-order valence-electron chi connectivity index (χ4n) is 1.50. The monoisotopic (exact) mass is 199 g/mol. The molecule has 0 aliphatic carbocycles. The molecule has 14 heavy (non-hydrogen) atoms. The first-order chi connectivity index (χ1) is 6.59. The second kappa shape index (κ2) is 2.75. The van der Waals surface area contributed by atoms with E-state index in [1.54, 1.807) is 0 Å². The first kappa shape index (κ1) is 9.08. The van der Waals surface area contributed by atoms with Gasteiger partial charge in [0.15, 0.2) is 0 Å². The molecule has 0 spiro atoms. The summed E-state index contributed by atoms with van der Waals surface area (Å²) >= 11 is 0. The summed E-state index contributed by atoms with van der Waals surface area (Å²) < 4.78 is 26.8. The van der Waals surface area contributed by atoms with Crippen molar-refractivity contribution in [2.75, 3.05) is 6.73 Å². The van der Waals surface area contributed by atoms with E-state index in [1.807, 2.05) is 0 Å². The molecule has 2 rings (SSSR count). The molecule has 0 saturated carbocycles. The largest absolute Gasteiger partial charge is 0.376 e. The van der Waals surface area contributed by atoms with Crippen molar-refractivity contribution in [3.63, 3.8) is 0 Å². The topological polar surface area (TPSA) is 40.5 Å². The Morgan fingerprint density at radius 3 is 2.57 bits per heavy atom. The van der Waals surface area contributed by atoms with Gasteiger partial charge >= 0.3 is 6.05 Å². The van der Waals surface area contributed by atoms with Crippen molar-refractivity contribution in [3.05, 3.63) is 35.4 Å². The number of rotatable bonds is 1. The average molecular weight is 199 g/mol. The first-order valence-corrected chi connectivity index (χ1v) is 3.99. The summed E-state index contributed by atoms with van der Waals surface area (Å²) in [5.41, 5.74) is -0.398. The van der Waals surface area contributed by atoms with Gasteiger partial charge in [0.25, 0.3) is 5.91 Å². The summed E-state index contributed by atoms with van der Waals surface area (Å²) in [7, 11) is 0. The van der Waals surface area contributed by atoms with Gasteiger partial charge in [-0.2, -0.15) is 8.78 Å². The molecule has 0 atom stereocenters. The lowest BCUT2D eigenvalue weighted by Gasteiger charge is -2.21.